The third-order valence-electron chi connectivity index (χ3n) is 2.49. The first-order valence-electron chi connectivity index (χ1n) is 5.69. The van der Waals surface area contributed by atoms with Crippen molar-refractivity contribution in [3.8, 4) is 0 Å². The van der Waals surface area contributed by atoms with Gasteiger partial charge in [0.15, 0.2) is 0 Å². The van der Waals surface area contributed by atoms with Gasteiger partial charge in [-0.15, -0.1) is 0 Å². The zero-order valence-electron chi connectivity index (χ0n) is 10.9. The Hall–Kier alpha value is -1.46. The second-order valence-corrected chi connectivity index (χ2v) is 5.77. The number of benzene rings is 1. The van der Waals surface area contributed by atoms with Crippen LogP contribution >= 0.6 is 23.4 Å². The molecule has 0 spiro atoms. The van der Waals surface area contributed by atoms with E-state index in [9.17, 15) is 4.79 Å². The van der Waals surface area contributed by atoms with Crippen LogP contribution in [-0.4, -0.2) is 24.1 Å². The molecule has 0 amide bonds. The standard InChI is InChI=1S/C13H14ClN3OS/c1-8-11(12(18)16-13(15-8)17(2)3)19-10-6-4-9(14)5-7-10/h4-7H,1-3H3,(H,15,16,18). The second-order valence-electron chi connectivity index (χ2n) is 4.25. The van der Waals surface area contributed by atoms with Gasteiger partial charge in [-0.2, -0.15) is 0 Å². The third-order valence-corrected chi connectivity index (χ3v) is 3.94. The number of nitrogens with zero attached hydrogens (tertiary/aromatic N) is 2. The molecule has 0 saturated heterocycles. The summed E-state index contributed by atoms with van der Waals surface area (Å²) in [4.78, 5) is 22.5. The lowest BCUT2D eigenvalue weighted by atomic mass is 10.4. The maximum atomic E-state index is 12.1. The van der Waals surface area contributed by atoms with Crippen LogP contribution < -0.4 is 10.5 Å². The van der Waals surface area contributed by atoms with Gasteiger partial charge in [-0.1, -0.05) is 23.4 Å². The summed E-state index contributed by atoms with van der Waals surface area (Å²) in [5, 5.41) is 0.677. The van der Waals surface area contributed by atoms with E-state index < -0.39 is 0 Å². The van der Waals surface area contributed by atoms with Crippen molar-refractivity contribution in [3.05, 3.63) is 45.3 Å². The van der Waals surface area contributed by atoms with E-state index in [1.807, 2.05) is 33.2 Å². The van der Waals surface area contributed by atoms with Gasteiger partial charge in [0.1, 0.15) is 0 Å². The van der Waals surface area contributed by atoms with Crippen molar-refractivity contribution >= 4 is 29.3 Å². The maximum absolute atomic E-state index is 12.1. The molecule has 0 aliphatic carbocycles. The van der Waals surface area contributed by atoms with E-state index in [2.05, 4.69) is 9.97 Å². The molecular formula is C13H14ClN3OS. The molecule has 1 aromatic heterocycles. The summed E-state index contributed by atoms with van der Waals surface area (Å²) in [7, 11) is 3.67. The molecule has 0 aliphatic rings. The van der Waals surface area contributed by atoms with Gasteiger partial charge in [0.05, 0.1) is 10.6 Å². The van der Waals surface area contributed by atoms with E-state index in [0.717, 1.165) is 4.90 Å². The van der Waals surface area contributed by atoms with E-state index in [1.54, 1.807) is 17.0 Å². The summed E-state index contributed by atoms with van der Waals surface area (Å²) in [6.45, 7) is 1.83. The smallest absolute Gasteiger partial charge is 0.266 e. The van der Waals surface area contributed by atoms with Crippen LogP contribution in [0.5, 0.6) is 0 Å². The Labute approximate surface area is 120 Å². The van der Waals surface area contributed by atoms with Crippen molar-refractivity contribution in [2.75, 3.05) is 19.0 Å². The first-order valence-corrected chi connectivity index (χ1v) is 6.88. The summed E-state index contributed by atoms with van der Waals surface area (Å²) in [5.41, 5.74) is 0.587. The summed E-state index contributed by atoms with van der Waals surface area (Å²) in [5.74, 6) is 0.558. The van der Waals surface area contributed by atoms with Gasteiger partial charge in [-0.05, 0) is 31.2 Å². The lowest BCUT2D eigenvalue weighted by Gasteiger charge is -2.12. The molecule has 0 saturated carbocycles. The first kappa shape index (κ1) is 14.0. The highest BCUT2D eigenvalue weighted by Crippen LogP contribution is 2.28. The number of anilines is 1. The number of aromatic nitrogens is 2. The molecule has 0 aliphatic heterocycles. The fraction of sp³-hybridized carbons (Fsp3) is 0.231. The third kappa shape index (κ3) is 3.30. The SMILES string of the molecule is Cc1nc(N(C)C)[nH]c(=O)c1Sc1ccc(Cl)cc1. The van der Waals surface area contributed by atoms with Crippen LogP contribution in [0.25, 0.3) is 0 Å². The molecule has 0 radical (unpaired) electrons. The summed E-state index contributed by atoms with van der Waals surface area (Å²) in [6, 6.07) is 7.36. The number of nitrogens with one attached hydrogen (secondary N) is 1. The summed E-state index contributed by atoms with van der Waals surface area (Å²) < 4.78 is 0. The highest BCUT2D eigenvalue weighted by atomic mass is 35.5. The lowest BCUT2D eigenvalue weighted by Crippen LogP contribution is -2.20. The molecule has 2 aromatic rings. The Morgan fingerprint density at radius 2 is 1.89 bits per heavy atom. The van der Waals surface area contributed by atoms with E-state index in [4.69, 9.17) is 11.6 Å². The van der Waals surface area contributed by atoms with Gasteiger partial charge < -0.3 is 4.90 Å². The molecule has 0 unspecified atom stereocenters. The predicted molar refractivity (Wildman–Crippen MR) is 79.5 cm³/mol. The number of hydrogen-bond donors (Lipinski definition) is 1. The molecular weight excluding hydrogens is 282 g/mol. The zero-order valence-corrected chi connectivity index (χ0v) is 12.5. The topological polar surface area (TPSA) is 49.0 Å². The van der Waals surface area contributed by atoms with Gasteiger partial charge in [-0.25, -0.2) is 4.98 Å². The Kier molecular flexibility index (Phi) is 4.17. The van der Waals surface area contributed by atoms with Crippen molar-refractivity contribution in [1.29, 1.82) is 0 Å². The number of aromatic amines is 1. The van der Waals surface area contributed by atoms with Gasteiger partial charge in [0.25, 0.3) is 5.56 Å². The molecule has 0 fully saturated rings. The van der Waals surface area contributed by atoms with Gasteiger partial charge >= 0.3 is 0 Å². The normalized spacial score (nSPS) is 10.5. The zero-order chi connectivity index (χ0) is 14.0. The number of rotatable bonds is 3. The number of hydrogen-bond acceptors (Lipinski definition) is 4. The molecule has 1 aromatic carbocycles. The average molecular weight is 296 g/mol. The molecule has 19 heavy (non-hydrogen) atoms. The second kappa shape index (κ2) is 5.67. The van der Waals surface area contributed by atoms with E-state index >= 15 is 0 Å². The van der Waals surface area contributed by atoms with Crippen molar-refractivity contribution in [1.82, 2.24) is 9.97 Å². The highest BCUT2D eigenvalue weighted by Gasteiger charge is 2.10. The fourth-order valence-corrected chi connectivity index (χ4v) is 2.48. The predicted octanol–water partition coefficient (Wildman–Crippen LogP) is 2.95. The molecule has 100 valence electrons. The van der Waals surface area contributed by atoms with Crippen molar-refractivity contribution in [2.24, 2.45) is 0 Å². The fourth-order valence-electron chi connectivity index (χ4n) is 1.51. The molecule has 1 N–H and O–H groups in total. The molecule has 4 nitrogen and oxygen atoms in total. The molecule has 0 atom stereocenters. The van der Waals surface area contributed by atoms with Crippen LogP contribution in [0.2, 0.25) is 5.02 Å². The molecule has 2 rings (SSSR count). The van der Waals surface area contributed by atoms with Crippen LogP contribution in [-0.2, 0) is 0 Å². The van der Waals surface area contributed by atoms with Gasteiger partial charge in [0.2, 0.25) is 5.95 Å². The summed E-state index contributed by atoms with van der Waals surface area (Å²) in [6.07, 6.45) is 0. The quantitative estimate of drug-likeness (QED) is 0.946. The molecule has 0 bridgehead atoms. The summed E-state index contributed by atoms with van der Waals surface area (Å²) >= 11 is 7.22. The van der Waals surface area contributed by atoms with E-state index in [-0.39, 0.29) is 5.56 Å². The lowest BCUT2D eigenvalue weighted by molar-refractivity contribution is 0.918. The Balaban J connectivity index is 2.35. The minimum Gasteiger partial charge on any atom is -0.348 e. The first-order chi connectivity index (χ1) is 8.97. The van der Waals surface area contributed by atoms with E-state index in [1.165, 1.54) is 11.8 Å². The largest absolute Gasteiger partial charge is 0.348 e. The van der Waals surface area contributed by atoms with E-state index in [0.29, 0.717) is 21.6 Å². The van der Waals surface area contributed by atoms with Crippen LogP contribution in [0.3, 0.4) is 0 Å². The van der Waals surface area contributed by atoms with Crippen LogP contribution in [0, 0.1) is 6.92 Å². The number of H-pyrrole nitrogens is 1. The molecule has 6 heteroatoms. The van der Waals surface area contributed by atoms with Crippen molar-refractivity contribution < 1.29 is 0 Å². The highest BCUT2D eigenvalue weighted by molar-refractivity contribution is 7.99. The van der Waals surface area contributed by atoms with Gasteiger partial charge in [-0.3, -0.25) is 9.78 Å². The minimum absolute atomic E-state index is 0.129. The Bertz CT molecular complexity index is 637. The maximum Gasteiger partial charge on any atom is 0.266 e. The monoisotopic (exact) mass is 295 g/mol. The van der Waals surface area contributed by atoms with Crippen LogP contribution in [0.15, 0.2) is 38.9 Å². The number of halogens is 1. The Morgan fingerprint density at radius 3 is 2.42 bits per heavy atom. The van der Waals surface area contributed by atoms with Crippen LogP contribution in [0.4, 0.5) is 5.95 Å². The van der Waals surface area contributed by atoms with Crippen LogP contribution in [0.1, 0.15) is 5.69 Å². The average Bonchev–Trinajstić information content (AvgIpc) is 2.35. The minimum atomic E-state index is -0.129. The van der Waals surface area contributed by atoms with Gasteiger partial charge in [0, 0.05) is 24.0 Å². The van der Waals surface area contributed by atoms with Crippen molar-refractivity contribution in [3.63, 3.8) is 0 Å². The Morgan fingerprint density at radius 1 is 1.26 bits per heavy atom. The number of aryl methyl sites for hydroxylation is 1. The van der Waals surface area contributed by atoms with Crippen molar-refractivity contribution in [2.45, 2.75) is 16.7 Å². The molecule has 1 heterocycles.